The van der Waals surface area contributed by atoms with Crippen molar-refractivity contribution in [1.29, 1.82) is 0 Å². The van der Waals surface area contributed by atoms with Gasteiger partial charge in [-0.25, -0.2) is 4.79 Å². The molecular formula is C14H21NO4. The van der Waals surface area contributed by atoms with E-state index in [2.05, 4.69) is 0 Å². The molecule has 0 saturated heterocycles. The number of aromatic hydroxyl groups is 1. The molecule has 1 aromatic rings. The van der Waals surface area contributed by atoms with E-state index in [9.17, 15) is 9.90 Å². The molecule has 0 heterocycles. The Hall–Kier alpha value is -1.75. The molecular weight excluding hydrogens is 246 g/mol. The van der Waals surface area contributed by atoms with E-state index in [-0.39, 0.29) is 17.5 Å². The Kier molecular flexibility index (Phi) is 5.63. The number of ether oxygens (including phenoxy) is 2. The van der Waals surface area contributed by atoms with Gasteiger partial charge in [0.25, 0.3) is 0 Å². The van der Waals surface area contributed by atoms with E-state index in [0.717, 1.165) is 0 Å². The number of rotatable bonds is 6. The minimum atomic E-state index is -0.422. The van der Waals surface area contributed by atoms with Crippen molar-refractivity contribution in [1.82, 2.24) is 4.90 Å². The molecule has 19 heavy (non-hydrogen) atoms. The van der Waals surface area contributed by atoms with Crippen LogP contribution in [0, 0.1) is 0 Å². The summed E-state index contributed by atoms with van der Waals surface area (Å²) >= 11 is 0. The minimum absolute atomic E-state index is 0.0139. The number of nitrogens with zero attached hydrogens (tertiary/aromatic N) is 1. The Bertz CT molecular complexity index is 431. The Labute approximate surface area is 113 Å². The lowest BCUT2D eigenvalue weighted by atomic mass is 10.2. The summed E-state index contributed by atoms with van der Waals surface area (Å²) in [7, 11) is 3.85. The molecule has 1 atom stereocenters. The first-order chi connectivity index (χ1) is 8.95. The lowest BCUT2D eigenvalue weighted by Gasteiger charge is -2.19. The van der Waals surface area contributed by atoms with Crippen molar-refractivity contribution in [2.75, 3.05) is 27.3 Å². The van der Waals surface area contributed by atoms with Crippen LogP contribution in [-0.4, -0.2) is 49.3 Å². The first-order valence-electron chi connectivity index (χ1n) is 6.25. The van der Waals surface area contributed by atoms with Crippen LogP contribution in [0.4, 0.5) is 0 Å². The molecule has 0 spiro atoms. The summed E-state index contributed by atoms with van der Waals surface area (Å²) in [6, 6.07) is 4.58. The van der Waals surface area contributed by atoms with E-state index in [1.54, 1.807) is 0 Å². The number of benzene rings is 1. The molecule has 0 aliphatic heterocycles. The zero-order chi connectivity index (χ0) is 14.4. The number of phenolic OH excluding ortho intramolecular Hbond substituents is 1. The van der Waals surface area contributed by atoms with Crippen LogP contribution in [0.25, 0.3) is 0 Å². The third kappa shape index (κ3) is 4.44. The van der Waals surface area contributed by atoms with Gasteiger partial charge in [-0.05, 0) is 46.1 Å². The Morgan fingerprint density at radius 3 is 2.68 bits per heavy atom. The predicted octanol–water partition coefficient (Wildman–Crippen LogP) is 1.90. The van der Waals surface area contributed by atoms with Crippen LogP contribution < -0.4 is 4.74 Å². The first kappa shape index (κ1) is 15.3. The van der Waals surface area contributed by atoms with Gasteiger partial charge in [-0.3, -0.25) is 0 Å². The number of hydrogen-bond donors (Lipinski definition) is 1. The van der Waals surface area contributed by atoms with Crippen LogP contribution >= 0.6 is 0 Å². The maximum atomic E-state index is 11.9. The summed E-state index contributed by atoms with van der Waals surface area (Å²) in [5, 5.41) is 9.55. The van der Waals surface area contributed by atoms with E-state index in [1.807, 2.05) is 32.8 Å². The number of esters is 1. The molecule has 0 radical (unpaired) electrons. The van der Waals surface area contributed by atoms with Crippen LogP contribution in [0.1, 0.15) is 24.2 Å². The van der Waals surface area contributed by atoms with Gasteiger partial charge in [-0.1, -0.05) is 0 Å². The van der Waals surface area contributed by atoms with Crippen LogP contribution in [0.15, 0.2) is 18.2 Å². The summed E-state index contributed by atoms with van der Waals surface area (Å²) in [5.41, 5.74) is 0.368. The molecule has 5 nitrogen and oxygen atoms in total. The number of likely N-dealkylation sites (N-methyl/N-ethyl adjacent to an activating group) is 1. The summed E-state index contributed by atoms with van der Waals surface area (Å²) in [6.45, 7) is 4.51. The van der Waals surface area contributed by atoms with Gasteiger partial charge in [0.05, 0.1) is 12.2 Å². The lowest BCUT2D eigenvalue weighted by molar-refractivity contribution is 0.0416. The molecule has 5 heteroatoms. The van der Waals surface area contributed by atoms with Gasteiger partial charge < -0.3 is 19.5 Å². The second-order valence-corrected chi connectivity index (χ2v) is 4.53. The van der Waals surface area contributed by atoms with Gasteiger partial charge >= 0.3 is 5.97 Å². The van der Waals surface area contributed by atoms with Crippen LogP contribution in [0.5, 0.6) is 11.5 Å². The molecule has 0 bridgehead atoms. The van der Waals surface area contributed by atoms with E-state index in [1.165, 1.54) is 18.2 Å². The molecule has 0 aliphatic rings. The van der Waals surface area contributed by atoms with Crippen molar-refractivity contribution in [3.05, 3.63) is 23.8 Å². The lowest BCUT2D eigenvalue weighted by Crippen LogP contribution is -2.30. The molecule has 1 aromatic carbocycles. The van der Waals surface area contributed by atoms with Crippen molar-refractivity contribution < 1.29 is 19.4 Å². The Balaban J connectivity index is 2.69. The number of carbonyl (C=O) groups is 1. The molecule has 0 aliphatic carbocycles. The fourth-order valence-corrected chi connectivity index (χ4v) is 1.34. The van der Waals surface area contributed by atoms with Gasteiger partial charge in [0.15, 0.2) is 11.5 Å². The van der Waals surface area contributed by atoms with E-state index >= 15 is 0 Å². The molecule has 1 rings (SSSR count). The summed E-state index contributed by atoms with van der Waals surface area (Å²) < 4.78 is 10.4. The molecule has 0 saturated carbocycles. The zero-order valence-electron chi connectivity index (χ0n) is 11.8. The standard InChI is InChI=1S/C14H21NO4/c1-5-18-13-8-11(6-7-12(13)16)14(17)19-9-10(2)15(3)4/h6-8,10,16H,5,9H2,1-4H3/t10-/m0/s1. The van der Waals surface area contributed by atoms with Gasteiger partial charge in [-0.2, -0.15) is 0 Å². The summed E-state index contributed by atoms with van der Waals surface area (Å²) in [6.07, 6.45) is 0. The second-order valence-electron chi connectivity index (χ2n) is 4.53. The molecule has 0 amide bonds. The van der Waals surface area contributed by atoms with Gasteiger partial charge in [-0.15, -0.1) is 0 Å². The largest absolute Gasteiger partial charge is 0.504 e. The first-order valence-corrected chi connectivity index (χ1v) is 6.25. The molecule has 0 aromatic heterocycles. The fraction of sp³-hybridized carbons (Fsp3) is 0.500. The van der Waals surface area contributed by atoms with Crippen LogP contribution in [-0.2, 0) is 4.74 Å². The third-order valence-corrected chi connectivity index (χ3v) is 2.83. The fourth-order valence-electron chi connectivity index (χ4n) is 1.34. The average molecular weight is 267 g/mol. The molecule has 1 N–H and O–H groups in total. The molecule has 0 unspecified atom stereocenters. The number of hydrogen-bond acceptors (Lipinski definition) is 5. The minimum Gasteiger partial charge on any atom is -0.504 e. The van der Waals surface area contributed by atoms with Crippen molar-refractivity contribution in [3.63, 3.8) is 0 Å². The van der Waals surface area contributed by atoms with Gasteiger partial charge in [0.2, 0.25) is 0 Å². The highest BCUT2D eigenvalue weighted by molar-refractivity contribution is 5.90. The maximum Gasteiger partial charge on any atom is 0.338 e. The molecule has 0 fully saturated rings. The summed E-state index contributed by atoms with van der Waals surface area (Å²) in [5.74, 6) is -0.118. The highest BCUT2D eigenvalue weighted by Crippen LogP contribution is 2.27. The van der Waals surface area contributed by atoms with Gasteiger partial charge in [0.1, 0.15) is 6.61 Å². The number of carbonyl (C=O) groups excluding carboxylic acids is 1. The molecule has 106 valence electrons. The highest BCUT2D eigenvalue weighted by Gasteiger charge is 2.13. The smallest absolute Gasteiger partial charge is 0.338 e. The van der Waals surface area contributed by atoms with Crippen LogP contribution in [0.3, 0.4) is 0 Å². The van der Waals surface area contributed by atoms with Crippen molar-refractivity contribution in [2.45, 2.75) is 19.9 Å². The van der Waals surface area contributed by atoms with E-state index in [4.69, 9.17) is 9.47 Å². The topological polar surface area (TPSA) is 59.0 Å². The van der Waals surface area contributed by atoms with Gasteiger partial charge in [0, 0.05) is 6.04 Å². The van der Waals surface area contributed by atoms with Crippen molar-refractivity contribution in [2.24, 2.45) is 0 Å². The monoisotopic (exact) mass is 267 g/mol. The SMILES string of the molecule is CCOc1cc(C(=O)OC[C@H](C)N(C)C)ccc1O. The van der Waals surface area contributed by atoms with Crippen LogP contribution in [0.2, 0.25) is 0 Å². The Morgan fingerprint density at radius 1 is 1.42 bits per heavy atom. The maximum absolute atomic E-state index is 11.9. The van der Waals surface area contributed by atoms with E-state index < -0.39 is 5.97 Å². The zero-order valence-corrected chi connectivity index (χ0v) is 11.8. The Morgan fingerprint density at radius 2 is 2.11 bits per heavy atom. The third-order valence-electron chi connectivity index (χ3n) is 2.83. The van der Waals surface area contributed by atoms with Crippen molar-refractivity contribution in [3.8, 4) is 11.5 Å². The second kappa shape index (κ2) is 6.99. The summed E-state index contributed by atoms with van der Waals surface area (Å²) in [4.78, 5) is 13.8. The highest BCUT2D eigenvalue weighted by atomic mass is 16.5. The number of phenols is 1. The normalized spacial score (nSPS) is 12.3. The average Bonchev–Trinajstić information content (AvgIpc) is 2.38. The van der Waals surface area contributed by atoms with E-state index in [0.29, 0.717) is 18.8 Å². The quantitative estimate of drug-likeness (QED) is 0.798. The van der Waals surface area contributed by atoms with Crippen molar-refractivity contribution >= 4 is 5.97 Å². The predicted molar refractivity (Wildman–Crippen MR) is 72.7 cm³/mol.